The van der Waals surface area contributed by atoms with Crippen LogP contribution in [0.1, 0.15) is 5.56 Å². The van der Waals surface area contributed by atoms with Gasteiger partial charge in [-0.05, 0) is 29.5 Å². The third-order valence-corrected chi connectivity index (χ3v) is 4.44. The maximum Gasteiger partial charge on any atom is 0.138 e. The lowest BCUT2D eigenvalue weighted by Gasteiger charge is -2.05. The van der Waals surface area contributed by atoms with Crippen LogP contribution in [0.3, 0.4) is 0 Å². The molecule has 3 aromatic heterocycles. The Morgan fingerprint density at radius 3 is 3.05 bits per heavy atom. The predicted octanol–water partition coefficient (Wildman–Crippen LogP) is 3.83. The molecule has 0 saturated carbocycles. The molecule has 1 aromatic carbocycles. The van der Waals surface area contributed by atoms with Gasteiger partial charge in [-0.1, -0.05) is 18.2 Å². The Morgan fingerprint density at radius 1 is 1.10 bits per heavy atom. The first kappa shape index (κ1) is 12.3. The topological polar surface area (TPSA) is 53.6 Å². The molecule has 0 aliphatic carbocycles. The molecule has 4 aromatic rings. The molecule has 4 nitrogen and oxygen atoms in total. The van der Waals surface area contributed by atoms with E-state index in [1.165, 1.54) is 16.5 Å². The molecule has 104 valence electrons. The third-order valence-electron chi connectivity index (χ3n) is 3.62. The number of aromatic nitrogens is 3. The first-order valence-corrected chi connectivity index (χ1v) is 7.77. The number of nitrogens with zero attached hydrogens (tertiary/aromatic N) is 2. The second kappa shape index (κ2) is 5.18. The van der Waals surface area contributed by atoms with Crippen LogP contribution < -0.4 is 5.32 Å². The molecule has 2 N–H and O–H groups in total. The van der Waals surface area contributed by atoms with Crippen molar-refractivity contribution in [1.82, 2.24) is 15.0 Å². The molecule has 0 bridgehead atoms. The second-order valence-electron chi connectivity index (χ2n) is 4.90. The van der Waals surface area contributed by atoms with E-state index in [2.05, 4.69) is 56.8 Å². The van der Waals surface area contributed by atoms with Gasteiger partial charge in [-0.2, -0.15) is 0 Å². The summed E-state index contributed by atoms with van der Waals surface area (Å²) in [4.78, 5) is 12.9. The highest BCUT2D eigenvalue weighted by Gasteiger charge is 2.05. The minimum Gasteiger partial charge on any atom is -0.369 e. The largest absolute Gasteiger partial charge is 0.369 e. The summed E-state index contributed by atoms with van der Waals surface area (Å²) in [6, 6.07) is 10.4. The zero-order valence-corrected chi connectivity index (χ0v) is 12.2. The Morgan fingerprint density at radius 2 is 2.05 bits per heavy atom. The molecule has 0 radical (unpaired) electrons. The highest BCUT2D eigenvalue weighted by atomic mass is 32.1. The van der Waals surface area contributed by atoms with Gasteiger partial charge >= 0.3 is 0 Å². The van der Waals surface area contributed by atoms with Crippen LogP contribution in [0.2, 0.25) is 0 Å². The lowest BCUT2D eigenvalue weighted by Crippen LogP contribution is -2.06. The SMILES string of the molecule is c1ccc2c(CCNc3ncnc4sccc34)c[nH]c2c1. The van der Waals surface area contributed by atoms with Crippen LogP contribution in [0.5, 0.6) is 0 Å². The van der Waals surface area contributed by atoms with Crippen LogP contribution in [-0.2, 0) is 6.42 Å². The molecule has 3 heterocycles. The lowest BCUT2D eigenvalue weighted by atomic mass is 10.1. The maximum atomic E-state index is 4.34. The highest BCUT2D eigenvalue weighted by Crippen LogP contribution is 2.24. The first-order valence-electron chi connectivity index (χ1n) is 6.89. The van der Waals surface area contributed by atoms with Crippen molar-refractivity contribution >= 4 is 38.3 Å². The first-order chi connectivity index (χ1) is 10.4. The molecular weight excluding hydrogens is 280 g/mol. The number of rotatable bonds is 4. The number of thiophene rings is 1. The van der Waals surface area contributed by atoms with E-state index in [0.29, 0.717) is 0 Å². The van der Waals surface area contributed by atoms with Gasteiger partial charge in [0.2, 0.25) is 0 Å². The third kappa shape index (κ3) is 2.25. The number of anilines is 1. The zero-order valence-electron chi connectivity index (χ0n) is 11.3. The Labute approximate surface area is 125 Å². The van der Waals surface area contributed by atoms with Gasteiger partial charge in [-0.25, -0.2) is 9.97 Å². The maximum absolute atomic E-state index is 4.34. The van der Waals surface area contributed by atoms with Crippen molar-refractivity contribution in [3.63, 3.8) is 0 Å². The normalized spacial score (nSPS) is 11.2. The highest BCUT2D eigenvalue weighted by molar-refractivity contribution is 7.16. The van der Waals surface area contributed by atoms with E-state index < -0.39 is 0 Å². The van der Waals surface area contributed by atoms with Gasteiger partial charge in [-0.15, -0.1) is 11.3 Å². The summed E-state index contributed by atoms with van der Waals surface area (Å²) in [6.07, 6.45) is 4.67. The van der Waals surface area contributed by atoms with E-state index >= 15 is 0 Å². The van der Waals surface area contributed by atoms with Gasteiger partial charge < -0.3 is 10.3 Å². The predicted molar refractivity (Wildman–Crippen MR) is 87.9 cm³/mol. The lowest BCUT2D eigenvalue weighted by molar-refractivity contribution is 1.01. The van der Waals surface area contributed by atoms with E-state index in [9.17, 15) is 0 Å². The fourth-order valence-electron chi connectivity index (χ4n) is 2.58. The molecule has 0 saturated heterocycles. The van der Waals surface area contributed by atoms with Crippen LogP contribution in [-0.4, -0.2) is 21.5 Å². The summed E-state index contributed by atoms with van der Waals surface area (Å²) in [5, 5.41) is 7.86. The van der Waals surface area contributed by atoms with Crippen LogP contribution in [0, 0.1) is 0 Å². The molecule has 0 amide bonds. The summed E-state index contributed by atoms with van der Waals surface area (Å²) < 4.78 is 0. The molecule has 21 heavy (non-hydrogen) atoms. The van der Waals surface area contributed by atoms with Gasteiger partial charge in [-0.3, -0.25) is 0 Å². The van der Waals surface area contributed by atoms with E-state index in [4.69, 9.17) is 0 Å². The van der Waals surface area contributed by atoms with Gasteiger partial charge in [0.25, 0.3) is 0 Å². The van der Waals surface area contributed by atoms with Crippen LogP contribution in [0.25, 0.3) is 21.1 Å². The average molecular weight is 294 g/mol. The molecule has 5 heteroatoms. The summed E-state index contributed by atoms with van der Waals surface area (Å²) in [6.45, 7) is 0.851. The Hall–Kier alpha value is -2.40. The molecule has 0 spiro atoms. The number of hydrogen-bond donors (Lipinski definition) is 2. The Balaban J connectivity index is 1.51. The van der Waals surface area contributed by atoms with Gasteiger partial charge in [0.15, 0.2) is 0 Å². The number of benzene rings is 1. The van der Waals surface area contributed by atoms with Gasteiger partial charge in [0, 0.05) is 23.6 Å². The smallest absolute Gasteiger partial charge is 0.138 e. The monoisotopic (exact) mass is 294 g/mol. The van der Waals surface area contributed by atoms with Crippen molar-refractivity contribution in [3.8, 4) is 0 Å². The van der Waals surface area contributed by atoms with Crippen molar-refractivity contribution in [1.29, 1.82) is 0 Å². The van der Waals surface area contributed by atoms with Crippen LogP contribution in [0.15, 0.2) is 48.2 Å². The van der Waals surface area contributed by atoms with Crippen LogP contribution >= 0.6 is 11.3 Å². The molecule has 0 unspecified atom stereocenters. The fourth-order valence-corrected chi connectivity index (χ4v) is 3.32. The minimum atomic E-state index is 0.851. The average Bonchev–Trinajstić information content (AvgIpc) is 3.15. The number of H-pyrrole nitrogens is 1. The number of hydrogen-bond acceptors (Lipinski definition) is 4. The Bertz CT molecular complexity index is 893. The molecule has 0 atom stereocenters. The standard InChI is InChI=1S/C16H14N4S/c1-2-4-14-12(3-1)11(9-18-14)5-7-17-15-13-6-8-21-16(13)20-10-19-15/h1-4,6,8-10,18H,5,7H2,(H,17,19,20). The number of nitrogens with one attached hydrogen (secondary N) is 2. The summed E-state index contributed by atoms with van der Waals surface area (Å²) >= 11 is 1.64. The Kier molecular flexibility index (Phi) is 3.05. The van der Waals surface area contributed by atoms with E-state index in [1.807, 2.05) is 5.38 Å². The second-order valence-corrected chi connectivity index (χ2v) is 5.79. The summed E-state index contributed by atoms with van der Waals surface area (Å²) in [7, 11) is 0. The van der Waals surface area contributed by atoms with E-state index in [1.54, 1.807) is 17.7 Å². The van der Waals surface area contributed by atoms with Crippen molar-refractivity contribution in [2.45, 2.75) is 6.42 Å². The molecule has 0 fully saturated rings. The molecule has 4 rings (SSSR count). The summed E-state index contributed by atoms with van der Waals surface area (Å²) in [5.74, 6) is 0.918. The van der Waals surface area contributed by atoms with Crippen molar-refractivity contribution in [3.05, 3.63) is 53.8 Å². The van der Waals surface area contributed by atoms with E-state index in [-0.39, 0.29) is 0 Å². The molecule has 0 aliphatic heterocycles. The van der Waals surface area contributed by atoms with Gasteiger partial charge in [0.1, 0.15) is 17.0 Å². The quantitative estimate of drug-likeness (QED) is 0.601. The number of fused-ring (bicyclic) bond motifs is 2. The van der Waals surface area contributed by atoms with Crippen molar-refractivity contribution in [2.24, 2.45) is 0 Å². The van der Waals surface area contributed by atoms with E-state index in [0.717, 1.165) is 29.0 Å². The molecular formula is C16H14N4S. The zero-order chi connectivity index (χ0) is 14.1. The molecule has 0 aliphatic rings. The van der Waals surface area contributed by atoms with Crippen molar-refractivity contribution < 1.29 is 0 Å². The number of aromatic amines is 1. The fraction of sp³-hybridized carbons (Fsp3) is 0.125. The minimum absolute atomic E-state index is 0.851. The summed E-state index contributed by atoms with van der Waals surface area (Å²) in [5.41, 5.74) is 2.52. The number of para-hydroxylation sites is 1. The van der Waals surface area contributed by atoms with Crippen LogP contribution in [0.4, 0.5) is 5.82 Å². The van der Waals surface area contributed by atoms with Gasteiger partial charge in [0.05, 0.1) is 5.39 Å². The van der Waals surface area contributed by atoms with Crippen molar-refractivity contribution in [2.75, 3.05) is 11.9 Å².